The fraction of sp³-hybridized carbons (Fsp3) is 0. The van der Waals surface area contributed by atoms with Crippen molar-refractivity contribution in [2.45, 2.75) is 0 Å². The normalized spacial score (nSPS) is 1.50. The van der Waals surface area contributed by atoms with E-state index >= 15 is 0 Å². The Hall–Kier alpha value is 2.16. The first-order valence-corrected chi connectivity index (χ1v) is 0.508. The molecule has 0 spiro atoms. The van der Waals surface area contributed by atoms with E-state index < -0.39 is 0 Å². The third-order valence-electron chi connectivity index (χ3n) is 0. The van der Waals surface area contributed by atoms with Crippen LogP contribution in [0.1, 0.15) is 0 Å². The molecule has 1 nitrogen and oxygen atoms in total. The molecular weight excluding hydrogens is 488 g/mol. The van der Waals surface area contributed by atoms with Gasteiger partial charge in [-0.1, -0.05) is 0 Å². The summed E-state index contributed by atoms with van der Waals surface area (Å²) >= 11 is 2.94. The molecule has 0 saturated carbocycles. The zero-order valence-electron chi connectivity index (χ0n) is 1.86. The Morgan fingerprint density at radius 3 is 1.00 bits per heavy atom. The van der Waals surface area contributed by atoms with E-state index in [-0.39, 0.29) is 54.6 Å². The molecule has 0 aliphatic rings. The zero-order chi connectivity index (χ0) is 2.00. The quantitative estimate of drug-likeness (QED) is 0.405. The molecule has 23 valence electrons. The van der Waals surface area contributed by atoms with Gasteiger partial charge in [0.25, 0.3) is 0 Å². The molecule has 0 amide bonds. The fourth-order valence-corrected chi connectivity index (χ4v) is 0. The van der Waals surface area contributed by atoms with Gasteiger partial charge in [0.05, 0.1) is 0 Å². The molecule has 0 saturated heterocycles. The summed E-state index contributed by atoms with van der Waals surface area (Å²) in [6.45, 7) is 0. The average Bonchev–Trinajstić information content (AvgIpc) is 1.00. The smallest absolute Gasteiger partial charge is 1.00 e. The van der Waals surface area contributed by atoms with Crippen LogP contribution in [-0.4, -0.2) is 54.6 Å². The van der Waals surface area contributed by atoms with Crippen LogP contribution >= 0.6 is 0 Å². The molecule has 0 atom stereocenters. The summed E-state index contributed by atoms with van der Waals surface area (Å²) in [7, 11) is 0. The van der Waals surface area contributed by atoms with Gasteiger partial charge in [-0.3, -0.25) is 0 Å². The maximum absolute atomic E-state index is 7.81. The van der Waals surface area contributed by atoms with E-state index in [1.807, 2.05) is 0 Å². The number of hydrogen-bond donors (Lipinski definition) is 0. The second-order valence-corrected chi connectivity index (χ2v) is 0. The molecule has 0 aromatic heterocycles. The minimum atomic E-state index is 0. The van der Waals surface area contributed by atoms with Gasteiger partial charge < -0.3 is 0 Å². The van der Waals surface area contributed by atoms with Crippen LogP contribution in [0.3, 0.4) is 0 Å². The molecule has 0 aliphatic heterocycles. The van der Waals surface area contributed by atoms with Crippen molar-refractivity contribution >= 4 is 54.6 Å². The van der Waals surface area contributed by atoms with E-state index in [0.29, 0.717) is 0 Å². The fourth-order valence-electron chi connectivity index (χ4n) is 0. The molecule has 4 heavy (non-hydrogen) atoms. The molecule has 0 aliphatic carbocycles. The minimum Gasteiger partial charge on any atom is 1.00 e. The molecule has 0 heterocycles. The monoisotopic (exact) mass is 489 g/mol. The van der Waals surface area contributed by atoms with Crippen molar-refractivity contribution < 1.29 is 19.8 Å². The van der Waals surface area contributed by atoms with E-state index in [2.05, 4.69) is 15.9 Å². The Bertz CT molecular complexity index is 6.00. The molecule has 0 bridgehead atoms. The van der Waals surface area contributed by atoms with E-state index in [9.17, 15) is 0 Å². The standard InChI is InChI=1S/Cu.O.2Tl/q-2;;2*+1. The Kier molecular flexibility index (Phi) is 78.5. The summed E-state index contributed by atoms with van der Waals surface area (Å²) in [5.41, 5.74) is 0. The summed E-state index contributed by atoms with van der Waals surface area (Å²) in [5, 5.41) is 0. The summed E-state index contributed by atoms with van der Waals surface area (Å²) in [6, 6.07) is 0. The van der Waals surface area contributed by atoms with E-state index in [1.54, 1.807) is 0 Å². The first-order chi connectivity index (χ1) is 1.00. The number of rotatable bonds is 0. The van der Waals surface area contributed by atoms with Crippen molar-refractivity contribution in [1.29, 1.82) is 0 Å². The maximum Gasteiger partial charge on any atom is 1.00 e. The molecule has 0 rings (SSSR count). The molecular formula is CuOTl2. The van der Waals surface area contributed by atoms with Crippen LogP contribution in [0.2, 0.25) is 0 Å². The van der Waals surface area contributed by atoms with Crippen molar-refractivity contribution in [2.75, 3.05) is 0 Å². The van der Waals surface area contributed by atoms with Crippen LogP contribution in [0.5, 0.6) is 0 Å². The van der Waals surface area contributed by atoms with Gasteiger partial charge in [0, 0.05) is 0 Å². The second-order valence-electron chi connectivity index (χ2n) is 0. The topological polar surface area (TPSA) is 17.1 Å². The van der Waals surface area contributed by atoms with Gasteiger partial charge in [-0.25, -0.2) is 0 Å². The molecule has 0 aromatic carbocycles. The van der Waals surface area contributed by atoms with Crippen LogP contribution in [0.25, 0.3) is 0 Å². The Morgan fingerprint density at radius 2 is 1.00 bits per heavy atom. The van der Waals surface area contributed by atoms with Crippen LogP contribution in [0.4, 0.5) is 0 Å². The van der Waals surface area contributed by atoms with Gasteiger partial charge in [-0.2, -0.15) is 0 Å². The van der Waals surface area contributed by atoms with Gasteiger partial charge >= 0.3 is 74.4 Å². The van der Waals surface area contributed by atoms with Gasteiger partial charge in [0.1, 0.15) is 0 Å². The first-order valence-electron chi connectivity index (χ1n) is 0.123. The van der Waals surface area contributed by atoms with Gasteiger partial charge in [-0.15, -0.1) is 0 Å². The predicted octanol–water partition coefficient (Wildman–Crippen LogP) is -0.883. The molecule has 0 aromatic rings. The average molecular weight is 488 g/mol. The van der Waals surface area contributed by atoms with Crippen LogP contribution in [0.15, 0.2) is 0 Å². The summed E-state index contributed by atoms with van der Waals surface area (Å²) in [5.74, 6) is 0. The zero-order valence-corrected chi connectivity index (χ0v) is 11.8. The van der Waals surface area contributed by atoms with Crippen molar-refractivity contribution in [2.24, 2.45) is 0 Å². The summed E-state index contributed by atoms with van der Waals surface area (Å²) in [6.07, 6.45) is 0. The molecule has 0 unspecified atom stereocenters. The van der Waals surface area contributed by atoms with Crippen LogP contribution in [-0.2, 0) is 19.8 Å². The summed E-state index contributed by atoms with van der Waals surface area (Å²) < 4.78 is 7.81. The van der Waals surface area contributed by atoms with Crippen molar-refractivity contribution in [3.63, 3.8) is 0 Å². The van der Waals surface area contributed by atoms with Crippen molar-refractivity contribution in [3.05, 3.63) is 0 Å². The van der Waals surface area contributed by atoms with Crippen molar-refractivity contribution in [1.82, 2.24) is 0 Å². The SMILES string of the molecule is [O]=[Cu-2].[Tl+].[Tl+]. The third-order valence-corrected chi connectivity index (χ3v) is 0. The molecule has 0 N–H and O–H groups in total. The summed E-state index contributed by atoms with van der Waals surface area (Å²) in [4.78, 5) is 0. The van der Waals surface area contributed by atoms with E-state index in [4.69, 9.17) is 3.83 Å². The van der Waals surface area contributed by atoms with E-state index in [1.165, 1.54) is 0 Å². The third kappa shape index (κ3) is 8.90. The van der Waals surface area contributed by atoms with Crippen LogP contribution in [0, 0.1) is 0 Å². The van der Waals surface area contributed by atoms with E-state index in [0.717, 1.165) is 0 Å². The molecule has 4 heteroatoms. The van der Waals surface area contributed by atoms with Crippen LogP contribution < -0.4 is 0 Å². The first kappa shape index (κ1) is 16.4. The Morgan fingerprint density at radius 1 is 1.00 bits per heavy atom. The van der Waals surface area contributed by atoms with Crippen molar-refractivity contribution in [3.8, 4) is 0 Å². The van der Waals surface area contributed by atoms with Gasteiger partial charge in [-0.05, 0) is 0 Å². The molecule has 0 fully saturated rings. The second kappa shape index (κ2) is 19.1. The largest absolute Gasteiger partial charge is 1.00 e. The predicted molar refractivity (Wildman–Crippen MR) is 12.2 cm³/mol. The maximum atomic E-state index is 7.81. The Labute approximate surface area is 73.2 Å². The van der Waals surface area contributed by atoms with Gasteiger partial charge in [0.15, 0.2) is 0 Å². The Balaban J connectivity index is -0.00000000500. The van der Waals surface area contributed by atoms with Gasteiger partial charge in [0.2, 0.25) is 0 Å². The number of hydrogen-bond acceptors (Lipinski definition) is 1. The minimum absolute atomic E-state index is 0. The molecule has 0 radical (unpaired) electrons.